The van der Waals surface area contributed by atoms with Crippen molar-refractivity contribution >= 4 is 12.0 Å². The van der Waals surface area contributed by atoms with E-state index < -0.39 is 11.4 Å². The third-order valence-corrected chi connectivity index (χ3v) is 5.39. The third kappa shape index (κ3) is 2.90. The van der Waals surface area contributed by atoms with Gasteiger partial charge in [0.15, 0.2) is 0 Å². The van der Waals surface area contributed by atoms with Crippen molar-refractivity contribution in [3.8, 4) is 0 Å². The molecule has 6 heteroatoms. The second-order valence-corrected chi connectivity index (χ2v) is 6.72. The molecule has 0 aromatic carbocycles. The lowest BCUT2D eigenvalue weighted by molar-refractivity contribution is -0.149. The Labute approximate surface area is 135 Å². The minimum absolute atomic E-state index is 0.105. The Balaban J connectivity index is 1.54. The van der Waals surface area contributed by atoms with E-state index in [0.29, 0.717) is 26.1 Å². The van der Waals surface area contributed by atoms with E-state index in [0.717, 1.165) is 24.8 Å². The number of likely N-dealkylation sites (tertiary alicyclic amines) is 1. The molecule has 3 rings (SSSR count). The maximum atomic E-state index is 12.3. The van der Waals surface area contributed by atoms with Crippen molar-refractivity contribution in [3.63, 3.8) is 0 Å². The summed E-state index contributed by atoms with van der Waals surface area (Å²) in [7, 11) is 0. The fourth-order valence-electron chi connectivity index (χ4n) is 3.99. The maximum Gasteiger partial charge on any atom is 0.317 e. The van der Waals surface area contributed by atoms with Crippen LogP contribution in [0.4, 0.5) is 4.79 Å². The fraction of sp³-hybridized carbons (Fsp3) is 0.588. The van der Waals surface area contributed by atoms with E-state index in [1.54, 1.807) is 11.1 Å². The molecule has 23 heavy (non-hydrogen) atoms. The normalized spacial score (nSPS) is 26.1. The van der Waals surface area contributed by atoms with E-state index in [2.05, 4.69) is 10.3 Å². The smallest absolute Gasteiger partial charge is 0.317 e. The highest BCUT2D eigenvalue weighted by atomic mass is 16.4. The number of aliphatic carboxylic acids is 1. The molecular weight excluding hydrogens is 294 g/mol. The molecule has 124 valence electrons. The lowest BCUT2D eigenvalue weighted by atomic mass is 9.81. The van der Waals surface area contributed by atoms with E-state index in [4.69, 9.17) is 0 Å². The fourth-order valence-corrected chi connectivity index (χ4v) is 3.99. The number of amides is 2. The second-order valence-electron chi connectivity index (χ2n) is 6.72. The molecule has 1 aliphatic carbocycles. The number of carbonyl (C=O) groups excluding carboxylic acids is 1. The van der Waals surface area contributed by atoms with E-state index in [1.165, 1.54) is 5.56 Å². The van der Waals surface area contributed by atoms with E-state index >= 15 is 0 Å². The number of hydrogen-bond donors (Lipinski definition) is 2. The van der Waals surface area contributed by atoms with Gasteiger partial charge in [0.25, 0.3) is 0 Å². The summed E-state index contributed by atoms with van der Waals surface area (Å²) in [5, 5.41) is 12.5. The molecule has 2 atom stereocenters. The number of nitrogens with one attached hydrogen (secondary N) is 1. The molecule has 0 spiro atoms. The van der Waals surface area contributed by atoms with Gasteiger partial charge in [-0.05, 0) is 49.3 Å². The molecule has 1 aromatic heterocycles. The van der Waals surface area contributed by atoms with Crippen molar-refractivity contribution in [3.05, 3.63) is 29.6 Å². The number of hydrogen-bond acceptors (Lipinski definition) is 3. The third-order valence-electron chi connectivity index (χ3n) is 5.39. The molecule has 0 radical (unpaired) electrons. The Morgan fingerprint density at radius 3 is 3.04 bits per heavy atom. The van der Waals surface area contributed by atoms with Gasteiger partial charge in [-0.3, -0.25) is 9.78 Å². The van der Waals surface area contributed by atoms with Crippen molar-refractivity contribution in [2.75, 3.05) is 19.6 Å². The molecule has 1 saturated heterocycles. The molecule has 2 N–H and O–H groups in total. The molecule has 1 aromatic rings. The van der Waals surface area contributed by atoms with Crippen LogP contribution in [0.1, 0.15) is 30.4 Å². The van der Waals surface area contributed by atoms with Crippen molar-refractivity contribution in [1.29, 1.82) is 0 Å². The Kier molecular flexibility index (Phi) is 4.24. The van der Waals surface area contributed by atoms with Gasteiger partial charge in [-0.2, -0.15) is 0 Å². The van der Waals surface area contributed by atoms with Crippen molar-refractivity contribution in [2.45, 2.75) is 32.6 Å². The first-order valence-electron chi connectivity index (χ1n) is 8.18. The van der Waals surface area contributed by atoms with Crippen LogP contribution in [0.5, 0.6) is 0 Å². The standard InChI is InChI=1S/C17H23N3O3/c1-12-9-18-7-4-13(12)5-8-19-16(23)20-10-14-3-2-6-17(14,11-20)15(21)22/h4,7,9,14H,2-3,5-6,8,10-11H2,1H3,(H,19,23)(H,21,22)/t14-,17+/m0/s1. The van der Waals surface area contributed by atoms with Gasteiger partial charge in [0.2, 0.25) is 0 Å². The highest BCUT2D eigenvalue weighted by molar-refractivity contribution is 5.80. The van der Waals surface area contributed by atoms with E-state index in [-0.39, 0.29) is 11.9 Å². The van der Waals surface area contributed by atoms with Crippen LogP contribution in [0, 0.1) is 18.3 Å². The molecule has 0 bridgehead atoms. The molecule has 1 aliphatic heterocycles. The van der Waals surface area contributed by atoms with Crippen LogP contribution in [0.15, 0.2) is 18.5 Å². The monoisotopic (exact) mass is 317 g/mol. The lowest BCUT2D eigenvalue weighted by Gasteiger charge is -2.23. The summed E-state index contributed by atoms with van der Waals surface area (Å²) in [5.74, 6) is -0.643. The predicted molar refractivity (Wildman–Crippen MR) is 85.1 cm³/mol. The minimum atomic E-state index is -0.747. The highest BCUT2D eigenvalue weighted by Gasteiger charge is 2.55. The quantitative estimate of drug-likeness (QED) is 0.887. The zero-order chi connectivity index (χ0) is 16.4. The van der Waals surface area contributed by atoms with Gasteiger partial charge < -0.3 is 15.3 Å². The van der Waals surface area contributed by atoms with Gasteiger partial charge in [0.1, 0.15) is 0 Å². The van der Waals surface area contributed by atoms with Crippen LogP contribution < -0.4 is 5.32 Å². The number of pyridine rings is 1. The largest absolute Gasteiger partial charge is 0.481 e. The summed E-state index contributed by atoms with van der Waals surface area (Å²) in [4.78, 5) is 29.7. The van der Waals surface area contributed by atoms with Crippen LogP contribution in [-0.4, -0.2) is 46.6 Å². The Morgan fingerprint density at radius 2 is 2.35 bits per heavy atom. The van der Waals surface area contributed by atoms with E-state index in [9.17, 15) is 14.7 Å². The predicted octanol–water partition coefficient (Wildman–Crippen LogP) is 1.83. The SMILES string of the molecule is Cc1cnccc1CCNC(=O)N1C[C@@H]2CCC[C@@]2(C(=O)O)C1. The van der Waals surface area contributed by atoms with Crippen LogP contribution in [0.2, 0.25) is 0 Å². The van der Waals surface area contributed by atoms with Gasteiger partial charge >= 0.3 is 12.0 Å². The van der Waals surface area contributed by atoms with Gasteiger partial charge in [-0.25, -0.2) is 4.79 Å². The van der Waals surface area contributed by atoms with Crippen LogP contribution in [0.25, 0.3) is 0 Å². The first kappa shape index (κ1) is 15.8. The topological polar surface area (TPSA) is 82.5 Å². The average molecular weight is 317 g/mol. The van der Waals surface area contributed by atoms with Gasteiger partial charge in [-0.15, -0.1) is 0 Å². The maximum absolute atomic E-state index is 12.3. The van der Waals surface area contributed by atoms with Crippen molar-refractivity contribution < 1.29 is 14.7 Å². The molecule has 2 fully saturated rings. The molecular formula is C17H23N3O3. The van der Waals surface area contributed by atoms with Crippen LogP contribution >= 0.6 is 0 Å². The van der Waals surface area contributed by atoms with Gasteiger partial charge in [-0.1, -0.05) is 6.42 Å². The number of urea groups is 1. The van der Waals surface area contributed by atoms with Crippen molar-refractivity contribution in [2.24, 2.45) is 11.3 Å². The zero-order valence-corrected chi connectivity index (χ0v) is 13.4. The number of aryl methyl sites for hydroxylation is 1. The first-order valence-corrected chi connectivity index (χ1v) is 8.18. The molecule has 2 heterocycles. The second kappa shape index (κ2) is 6.18. The van der Waals surface area contributed by atoms with Gasteiger partial charge in [0, 0.05) is 32.0 Å². The zero-order valence-electron chi connectivity index (χ0n) is 13.4. The van der Waals surface area contributed by atoms with Crippen LogP contribution in [-0.2, 0) is 11.2 Å². The highest BCUT2D eigenvalue weighted by Crippen LogP contribution is 2.48. The number of nitrogens with zero attached hydrogens (tertiary/aromatic N) is 2. The number of fused-ring (bicyclic) bond motifs is 1. The molecule has 6 nitrogen and oxygen atoms in total. The first-order chi connectivity index (χ1) is 11.0. The summed E-state index contributed by atoms with van der Waals surface area (Å²) < 4.78 is 0. The minimum Gasteiger partial charge on any atom is -0.481 e. The van der Waals surface area contributed by atoms with E-state index in [1.807, 2.05) is 19.2 Å². The number of carbonyl (C=O) groups is 2. The number of aromatic nitrogens is 1. The Hall–Kier alpha value is -2.11. The summed E-state index contributed by atoms with van der Waals surface area (Å²) in [6.45, 7) is 3.45. The van der Waals surface area contributed by atoms with Crippen molar-refractivity contribution in [1.82, 2.24) is 15.2 Å². The number of rotatable bonds is 4. The lowest BCUT2D eigenvalue weighted by Crippen LogP contribution is -2.42. The molecule has 2 amide bonds. The summed E-state index contributed by atoms with van der Waals surface area (Å²) in [6, 6.07) is 1.81. The summed E-state index contributed by atoms with van der Waals surface area (Å²) >= 11 is 0. The molecule has 0 unspecified atom stereocenters. The summed E-state index contributed by atoms with van der Waals surface area (Å²) in [5.41, 5.74) is 1.57. The number of carboxylic acids is 1. The van der Waals surface area contributed by atoms with Gasteiger partial charge in [0.05, 0.1) is 5.41 Å². The Morgan fingerprint density at radius 1 is 1.52 bits per heavy atom. The summed E-state index contributed by atoms with van der Waals surface area (Å²) in [6.07, 6.45) is 6.87. The van der Waals surface area contributed by atoms with Crippen LogP contribution in [0.3, 0.4) is 0 Å². The molecule has 1 saturated carbocycles. The number of carboxylic acid groups (broad SMARTS) is 1. The molecule has 2 aliphatic rings. The average Bonchev–Trinajstić information content (AvgIpc) is 3.07. The Bertz CT molecular complexity index is 619.